The minimum Gasteiger partial charge on any atom is -0.462 e. The Morgan fingerprint density at radius 1 is 1.19 bits per heavy atom. The average Bonchev–Trinajstić information content (AvgIpc) is 3.28. The molecule has 8 heteroatoms. The van der Waals surface area contributed by atoms with E-state index in [9.17, 15) is 14.4 Å². The van der Waals surface area contributed by atoms with Crippen LogP contribution in [0.25, 0.3) is 0 Å². The summed E-state index contributed by atoms with van der Waals surface area (Å²) in [6.45, 7) is 3.55. The summed E-state index contributed by atoms with van der Waals surface area (Å²) in [6.07, 6.45) is 1.54. The molecule has 6 nitrogen and oxygen atoms in total. The molecule has 0 atom stereocenters. The Hall–Kier alpha value is -2.19. The molecule has 0 bridgehead atoms. The number of carbonyl (C=O) groups is 3. The first-order valence-corrected chi connectivity index (χ1v) is 10.1. The van der Waals surface area contributed by atoms with Gasteiger partial charge < -0.3 is 14.8 Å². The van der Waals surface area contributed by atoms with Crippen molar-refractivity contribution in [1.29, 1.82) is 0 Å². The molecule has 0 unspecified atom stereocenters. The molecule has 0 saturated carbocycles. The molecule has 0 saturated heterocycles. The van der Waals surface area contributed by atoms with Crippen molar-refractivity contribution in [1.82, 2.24) is 0 Å². The quantitative estimate of drug-likeness (QED) is 0.655. The third-order valence-electron chi connectivity index (χ3n) is 3.44. The highest BCUT2D eigenvalue weighted by Gasteiger charge is 2.19. The predicted octanol–water partition coefficient (Wildman–Crippen LogP) is 3.66. The van der Waals surface area contributed by atoms with Crippen LogP contribution >= 0.6 is 22.7 Å². The third-order valence-corrected chi connectivity index (χ3v) is 5.37. The van der Waals surface area contributed by atoms with Crippen molar-refractivity contribution < 1.29 is 23.9 Å². The van der Waals surface area contributed by atoms with Gasteiger partial charge in [0.05, 0.1) is 12.2 Å². The van der Waals surface area contributed by atoms with Crippen LogP contribution in [-0.4, -0.2) is 31.1 Å². The Balaban J connectivity index is 1.85. The van der Waals surface area contributed by atoms with Crippen LogP contribution in [0.4, 0.5) is 5.00 Å². The Kier molecular flexibility index (Phi) is 7.80. The second-order valence-corrected chi connectivity index (χ2v) is 7.29. The van der Waals surface area contributed by atoms with E-state index in [0.29, 0.717) is 17.0 Å². The highest BCUT2D eigenvalue weighted by Crippen LogP contribution is 2.29. The van der Waals surface area contributed by atoms with Crippen molar-refractivity contribution in [3.05, 3.63) is 38.9 Å². The highest BCUT2D eigenvalue weighted by molar-refractivity contribution is 7.16. The molecule has 0 radical (unpaired) electrons. The minimum atomic E-state index is -0.482. The number of carbonyl (C=O) groups excluding carboxylic acids is 3. The van der Waals surface area contributed by atoms with Crippen LogP contribution < -0.4 is 5.32 Å². The number of nitrogens with one attached hydrogen (secondary N) is 1. The SMILES string of the molecule is CCOC(=O)c1cc(CC)sc1NC(=O)COC(=O)CCc1ccsc1. The molecule has 0 aromatic carbocycles. The maximum absolute atomic E-state index is 12.0. The van der Waals surface area contributed by atoms with Crippen LogP contribution in [0.15, 0.2) is 22.9 Å². The average molecular weight is 396 g/mol. The van der Waals surface area contributed by atoms with Crippen molar-refractivity contribution in [3.8, 4) is 0 Å². The Labute approximate surface area is 160 Å². The molecule has 0 fully saturated rings. The van der Waals surface area contributed by atoms with E-state index in [0.717, 1.165) is 16.9 Å². The van der Waals surface area contributed by atoms with Crippen LogP contribution in [0, 0.1) is 0 Å². The van der Waals surface area contributed by atoms with Gasteiger partial charge in [0.25, 0.3) is 5.91 Å². The van der Waals surface area contributed by atoms with E-state index in [1.807, 2.05) is 23.8 Å². The normalized spacial score (nSPS) is 10.4. The fourth-order valence-corrected chi connectivity index (χ4v) is 3.84. The zero-order valence-corrected chi connectivity index (χ0v) is 16.3. The standard InChI is InChI=1S/C18H21NO5S2/c1-3-13-9-14(18(22)23-4-2)17(26-13)19-15(20)10-24-16(21)6-5-12-7-8-25-11-12/h7-9,11H,3-6,10H2,1-2H3,(H,19,20). The lowest BCUT2D eigenvalue weighted by molar-refractivity contribution is -0.147. The van der Waals surface area contributed by atoms with Crippen molar-refractivity contribution in [3.63, 3.8) is 0 Å². The summed E-state index contributed by atoms with van der Waals surface area (Å²) < 4.78 is 10.0. The van der Waals surface area contributed by atoms with Gasteiger partial charge in [0.1, 0.15) is 5.00 Å². The van der Waals surface area contributed by atoms with E-state index >= 15 is 0 Å². The number of esters is 2. The second kappa shape index (κ2) is 10.1. The Bertz CT molecular complexity index is 752. The number of amides is 1. The monoisotopic (exact) mass is 395 g/mol. The van der Waals surface area contributed by atoms with E-state index in [4.69, 9.17) is 9.47 Å². The van der Waals surface area contributed by atoms with Crippen molar-refractivity contribution in [2.24, 2.45) is 0 Å². The van der Waals surface area contributed by atoms with Gasteiger partial charge in [-0.25, -0.2) is 4.79 Å². The summed E-state index contributed by atoms with van der Waals surface area (Å²) >= 11 is 2.88. The van der Waals surface area contributed by atoms with Gasteiger partial charge in [-0.05, 0) is 48.2 Å². The fraction of sp³-hybridized carbons (Fsp3) is 0.389. The molecule has 1 N–H and O–H groups in total. The minimum absolute atomic E-state index is 0.219. The van der Waals surface area contributed by atoms with Crippen LogP contribution in [0.2, 0.25) is 0 Å². The molecule has 0 spiro atoms. The summed E-state index contributed by atoms with van der Waals surface area (Å²) in [6, 6.07) is 3.66. The predicted molar refractivity (Wildman–Crippen MR) is 102 cm³/mol. The molecule has 1 amide bonds. The Morgan fingerprint density at radius 2 is 2.00 bits per heavy atom. The van der Waals surface area contributed by atoms with E-state index in [2.05, 4.69) is 5.32 Å². The molecule has 2 heterocycles. The highest BCUT2D eigenvalue weighted by atomic mass is 32.1. The van der Waals surface area contributed by atoms with Crippen LogP contribution in [0.5, 0.6) is 0 Å². The molecule has 2 rings (SSSR count). The zero-order chi connectivity index (χ0) is 18.9. The van der Waals surface area contributed by atoms with Gasteiger partial charge in [0, 0.05) is 11.3 Å². The fourth-order valence-electron chi connectivity index (χ4n) is 2.13. The first-order chi connectivity index (χ1) is 12.5. The lowest BCUT2D eigenvalue weighted by Crippen LogP contribution is -2.21. The molecular weight excluding hydrogens is 374 g/mol. The van der Waals surface area contributed by atoms with Gasteiger partial charge in [-0.1, -0.05) is 6.92 Å². The lowest BCUT2D eigenvalue weighted by atomic mass is 10.2. The van der Waals surface area contributed by atoms with E-state index in [1.165, 1.54) is 11.3 Å². The van der Waals surface area contributed by atoms with Crippen molar-refractivity contribution in [2.45, 2.75) is 33.1 Å². The number of anilines is 1. The molecule has 0 aliphatic heterocycles. The van der Waals surface area contributed by atoms with Gasteiger partial charge in [-0.2, -0.15) is 11.3 Å². The topological polar surface area (TPSA) is 81.7 Å². The van der Waals surface area contributed by atoms with Gasteiger partial charge in [0.15, 0.2) is 6.61 Å². The summed E-state index contributed by atoms with van der Waals surface area (Å²) in [4.78, 5) is 36.7. The van der Waals surface area contributed by atoms with E-state index < -0.39 is 17.8 Å². The van der Waals surface area contributed by atoms with Crippen molar-refractivity contribution in [2.75, 3.05) is 18.5 Å². The number of thiophene rings is 2. The third kappa shape index (κ3) is 5.96. The lowest BCUT2D eigenvalue weighted by Gasteiger charge is -2.07. The molecule has 140 valence electrons. The Morgan fingerprint density at radius 3 is 2.65 bits per heavy atom. The summed E-state index contributed by atoms with van der Waals surface area (Å²) in [5, 5.41) is 6.97. The van der Waals surface area contributed by atoms with Gasteiger partial charge in [0.2, 0.25) is 0 Å². The summed E-state index contributed by atoms with van der Waals surface area (Å²) in [5.41, 5.74) is 1.40. The number of hydrogen-bond donors (Lipinski definition) is 1. The van der Waals surface area contributed by atoms with Gasteiger partial charge in [-0.3, -0.25) is 9.59 Å². The van der Waals surface area contributed by atoms with E-state index in [1.54, 1.807) is 24.3 Å². The molecule has 0 aliphatic carbocycles. The molecular formula is C18H21NO5S2. The number of aryl methyl sites for hydroxylation is 2. The maximum atomic E-state index is 12.0. The maximum Gasteiger partial charge on any atom is 0.341 e. The first-order valence-electron chi connectivity index (χ1n) is 8.29. The number of hydrogen-bond acceptors (Lipinski definition) is 7. The van der Waals surface area contributed by atoms with E-state index in [-0.39, 0.29) is 19.6 Å². The zero-order valence-electron chi connectivity index (χ0n) is 14.7. The summed E-state index contributed by atoms with van der Waals surface area (Å²) in [7, 11) is 0. The molecule has 26 heavy (non-hydrogen) atoms. The molecule has 2 aromatic rings. The van der Waals surface area contributed by atoms with Crippen LogP contribution in [0.3, 0.4) is 0 Å². The smallest absolute Gasteiger partial charge is 0.341 e. The number of rotatable bonds is 9. The van der Waals surface area contributed by atoms with Gasteiger partial charge in [-0.15, -0.1) is 11.3 Å². The van der Waals surface area contributed by atoms with Crippen molar-refractivity contribution >= 4 is 45.5 Å². The van der Waals surface area contributed by atoms with Crippen LogP contribution in [-0.2, 0) is 31.9 Å². The molecule has 0 aliphatic rings. The van der Waals surface area contributed by atoms with Crippen LogP contribution in [0.1, 0.15) is 41.1 Å². The van der Waals surface area contributed by atoms with Gasteiger partial charge >= 0.3 is 11.9 Å². The largest absolute Gasteiger partial charge is 0.462 e. The number of ether oxygens (including phenoxy) is 2. The second-order valence-electron chi connectivity index (χ2n) is 5.37. The first kappa shape index (κ1) is 20.1. The summed E-state index contributed by atoms with van der Waals surface area (Å²) in [5.74, 6) is -1.40. The molecule has 2 aromatic heterocycles.